The van der Waals surface area contributed by atoms with Crippen LogP contribution in [0.1, 0.15) is 12.8 Å². The molecule has 0 atom stereocenters. The van der Waals surface area contributed by atoms with Crippen LogP contribution >= 0.6 is 11.3 Å². The van der Waals surface area contributed by atoms with Gasteiger partial charge in [-0.2, -0.15) is 0 Å². The van der Waals surface area contributed by atoms with Gasteiger partial charge < -0.3 is 10.2 Å². The Morgan fingerprint density at radius 1 is 1.56 bits per heavy atom. The van der Waals surface area contributed by atoms with Gasteiger partial charge in [0.15, 0.2) is 5.13 Å². The van der Waals surface area contributed by atoms with Gasteiger partial charge in [-0.05, 0) is 33.0 Å². The molecule has 6 heteroatoms. The fourth-order valence-electron chi connectivity index (χ4n) is 1.76. The van der Waals surface area contributed by atoms with Gasteiger partial charge in [0.25, 0.3) is 0 Å². The third kappa shape index (κ3) is 3.18. The van der Waals surface area contributed by atoms with Crippen molar-refractivity contribution in [2.75, 3.05) is 25.5 Å². The van der Waals surface area contributed by atoms with Crippen LogP contribution in [0.5, 0.6) is 0 Å². The van der Waals surface area contributed by atoms with Gasteiger partial charge in [0, 0.05) is 17.6 Å². The van der Waals surface area contributed by atoms with Crippen LogP contribution in [0.2, 0.25) is 0 Å². The molecule has 1 aliphatic heterocycles. The molecule has 0 bridgehead atoms. The van der Waals surface area contributed by atoms with Gasteiger partial charge in [-0.3, -0.25) is 5.32 Å². The number of urea groups is 1. The topological polar surface area (TPSA) is 57.3 Å². The highest BCUT2D eigenvalue weighted by molar-refractivity contribution is 7.13. The van der Waals surface area contributed by atoms with E-state index < -0.39 is 0 Å². The van der Waals surface area contributed by atoms with Crippen LogP contribution < -0.4 is 10.6 Å². The van der Waals surface area contributed by atoms with E-state index in [4.69, 9.17) is 0 Å². The monoisotopic (exact) mass is 240 g/mol. The first kappa shape index (κ1) is 11.3. The number of nitrogens with one attached hydrogen (secondary N) is 2. The van der Waals surface area contributed by atoms with Crippen molar-refractivity contribution >= 4 is 22.5 Å². The molecule has 2 heterocycles. The van der Waals surface area contributed by atoms with E-state index in [9.17, 15) is 4.79 Å². The van der Waals surface area contributed by atoms with Crippen molar-refractivity contribution in [3.8, 4) is 0 Å². The first-order chi connectivity index (χ1) is 7.74. The van der Waals surface area contributed by atoms with E-state index in [0.717, 1.165) is 25.9 Å². The zero-order valence-corrected chi connectivity index (χ0v) is 10.1. The zero-order valence-electron chi connectivity index (χ0n) is 9.27. The number of piperidine rings is 1. The molecule has 1 fully saturated rings. The zero-order chi connectivity index (χ0) is 11.4. The van der Waals surface area contributed by atoms with Crippen LogP contribution in [0.15, 0.2) is 11.6 Å². The molecule has 0 aromatic carbocycles. The summed E-state index contributed by atoms with van der Waals surface area (Å²) in [5, 5.41) is 8.17. The highest BCUT2D eigenvalue weighted by Gasteiger charge is 2.18. The van der Waals surface area contributed by atoms with Crippen molar-refractivity contribution in [2.45, 2.75) is 18.9 Å². The fourth-order valence-corrected chi connectivity index (χ4v) is 2.28. The minimum atomic E-state index is -0.149. The highest BCUT2D eigenvalue weighted by atomic mass is 32.1. The molecule has 0 unspecified atom stereocenters. The second-order valence-corrected chi connectivity index (χ2v) is 4.91. The van der Waals surface area contributed by atoms with E-state index in [1.165, 1.54) is 11.3 Å². The molecule has 0 saturated carbocycles. The standard InChI is InChI=1S/C10H16N4OS/c1-14-5-2-8(3-6-14)12-9(15)13-10-11-4-7-16-10/h4,7-8H,2-3,5-6H2,1H3,(H2,11,12,13,15). The summed E-state index contributed by atoms with van der Waals surface area (Å²) in [6.45, 7) is 2.09. The van der Waals surface area contributed by atoms with Gasteiger partial charge in [-0.1, -0.05) is 0 Å². The number of hydrogen-bond donors (Lipinski definition) is 2. The lowest BCUT2D eigenvalue weighted by molar-refractivity contribution is 0.221. The smallest absolute Gasteiger partial charge is 0.321 e. The van der Waals surface area contributed by atoms with Gasteiger partial charge in [-0.15, -0.1) is 11.3 Å². The molecule has 1 aromatic heterocycles. The third-order valence-corrected chi connectivity index (χ3v) is 3.40. The molecular formula is C10H16N4OS. The van der Waals surface area contributed by atoms with Crippen LogP contribution in [0.4, 0.5) is 9.93 Å². The quantitative estimate of drug-likeness (QED) is 0.820. The van der Waals surface area contributed by atoms with E-state index in [-0.39, 0.29) is 12.1 Å². The molecule has 1 aromatic rings. The minimum Gasteiger partial charge on any atom is -0.335 e. The summed E-state index contributed by atoms with van der Waals surface area (Å²) >= 11 is 1.42. The van der Waals surface area contributed by atoms with E-state index >= 15 is 0 Å². The summed E-state index contributed by atoms with van der Waals surface area (Å²) in [5.41, 5.74) is 0. The minimum absolute atomic E-state index is 0.149. The number of rotatable bonds is 2. The summed E-state index contributed by atoms with van der Waals surface area (Å²) in [4.78, 5) is 17.9. The van der Waals surface area contributed by atoms with E-state index in [1.54, 1.807) is 6.20 Å². The van der Waals surface area contributed by atoms with Crippen LogP contribution in [0, 0.1) is 0 Å². The van der Waals surface area contributed by atoms with Gasteiger partial charge >= 0.3 is 6.03 Å². The van der Waals surface area contributed by atoms with Crippen molar-refractivity contribution in [3.05, 3.63) is 11.6 Å². The summed E-state index contributed by atoms with van der Waals surface area (Å²) in [6.07, 6.45) is 3.71. The molecule has 1 saturated heterocycles. The molecule has 88 valence electrons. The lowest BCUT2D eigenvalue weighted by Crippen LogP contribution is -2.44. The van der Waals surface area contributed by atoms with E-state index in [0.29, 0.717) is 5.13 Å². The van der Waals surface area contributed by atoms with Crippen LogP contribution in [0.25, 0.3) is 0 Å². The van der Waals surface area contributed by atoms with Crippen molar-refractivity contribution < 1.29 is 4.79 Å². The molecule has 2 amide bonds. The second-order valence-electron chi connectivity index (χ2n) is 4.01. The van der Waals surface area contributed by atoms with Crippen LogP contribution in [0.3, 0.4) is 0 Å². The Kier molecular flexibility index (Phi) is 3.74. The average molecular weight is 240 g/mol. The van der Waals surface area contributed by atoms with Gasteiger partial charge in [0.2, 0.25) is 0 Å². The summed E-state index contributed by atoms with van der Waals surface area (Å²) < 4.78 is 0. The Morgan fingerprint density at radius 2 is 2.31 bits per heavy atom. The number of amides is 2. The van der Waals surface area contributed by atoms with Gasteiger partial charge in [-0.25, -0.2) is 9.78 Å². The number of anilines is 1. The maximum Gasteiger partial charge on any atom is 0.321 e. The first-order valence-electron chi connectivity index (χ1n) is 5.39. The normalized spacial score (nSPS) is 18.3. The Morgan fingerprint density at radius 3 is 2.94 bits per heavy atom. The van der Waals surface area contributed by atoms with Crippen molar-refractivity contribution in [2.24, 2.45) is 0 Å². The molecule has 0 aliphatic carbocycles. The van der Waals surface area contributed by atoms with Crippen molar-refractivity contribution in [1.82, 2.24) is 15.2 Å². The SMILES string of the molecule is CN1CCC(NC(=O)Nc2nccs2)CC1. The number of likely N-dealkylation sites (tertiary alicyclic amines) is 1. The Bertz CT molecular complexity index is 333. The molecule has 1 aliphatic rings. The second kappa shape index (κ2) is 5.27. The molecule has 5 nitrogen and oxygen atoms in total. The number of hydrogen-bond acceptors (Lipinski definition) is 4. The molecule has 16 heavy (non-hydrogen) atoms. The largest absolute Gasteiger partial charge is 0.335 e. The number of nitrogens with zero attached hydrogens (tertiary/aromatic N) is 2. The molecule has 2 rings (SSSR count). The molecule has 0 radical (unpaired) electrons. The van der Waals surface area contributed by atoms with E-state index in [2.05, 4.69) is 27.6 Å². The first-order valence-corrected chi connectivity index (χ1v) is 6.27. The van der Waals surface area contributed by atoms with Crippen LogP contribution in [-0.4, -0.2) is 42.1 Å². The van der Waals surface area contributed by atoms with Gasteiger partial charge in [0.1, 0.15) is 0 Å². The predicted molar refractivity (Wildman–Crippen MR) is 64.8 cm³/mol. The number of carbonyl (C=O) groups excluding carboxylic acids is 1. The predicted octanol–water partition coefficient (Wildman–Crippen LogP) is 1.36. The molecule has 2 N–H and O–H groups in total. The summed E-state index contributed by atoms with van der Waals surface area (Å²) in [6, 6.07) is 0.140. The highest BCUT2D eigenvalue weighted by Crippen LogP contribution is 2.11. The van der Waals surface area contributed by atoms with Gasteiger partial charge in [0.05, 0.1) is 0 Å². The van der Waals surface area contributed by atoms with Crippen LogP contribution in [-0.2, 0) is 0 Å². The molecular weight excluding hydrogens is 224 g/mol. The number of thiazole rings is 1. The Hall–Kier alpha value is -1.14. The Balaban J connectivity index is 1.75. The number of aromatic nitrogens is 1. The fraction of sp³-hybridized carbons (Fsp3) is 0.600. The van der Waals surface area contributed by atoms with E-state index in [1.807, 2.05) is 5.38 Å². The molecule has 0 spiro atoms. The third-order valence-electron chi connectivity index (χ3n) is 2.71. The summed E-state index contributed by atoms with van der Waals surface area (Å²) in [5.74, 6) is 0. The Labute approximate surface area is 98.9 Å². The van der Waals surface area contributed by atoms with Crippen molar-refractivity contribution in [1.29, 1.82) is 0 Å². The summed E-state index contributed by atoms with van der Waals surface area (Å²) in [7, 11) is 2.10. The average Bonchev–Trinajstić information content (AvgIpc) is 2.74. The number of carbonyl (C=O) groups is 1. The maximum atomic E-state index is 11.6. The lowest BCUT2D eigenvalue weighted by atomic mass is 10.1. The van der Waals surface area contributed by atoms with Crippen molar-refractivity contribution in [3.63, 3.8) is 0 Å². The lowest BCUT2D eigenvalue weighted by Gasteiger charge is -2.29. The maximum absolute atomic E-state index is 11.6.